The number of hydrogen-bond donors (Lipinski definition) is 1. The number of aromatic nitrogens is 2. The van der Waals surface area contributed by atoms with Gasteiger partial charge >= 0.3 is 0 Å². The zero-order valence-corrected chi connectivity index (χ0v) is 17.6. The van der Waals surface area contributed by atoms with Gasteiger partial charge in [0.2, 0.25) is 0 Å². The zero-order chi connectivity index (χ0) is 19.5. The van der Waals surface area contributed by atoms with Crippen molar-refractivity contribution in [3.63, 3.8) is 0 Å². The van der Waals surface area contributed by atoms with E-state index in [9.17, 15) is 0 Å². The molecule has 1 unspecified atom stereocenters. The summed E-state index contributed by atoms with van der Waals surface area (Å²) in [6.45, 7) is 3.06. The topological polar surface area (TPSA) is 41.1 Å². The molecule has 28 heavy (non-hydrogen) atoms. The van der Waals surface area contributed by atoms with E-state index in [0.29, 0.717) is 0 Å². The smallest absolute Gasteiger partial charge is 0.137 e. The van der Waals surface area contributed by atoms with E-state index in [1.165, 1.54) is 9.79 Å². The molecule has 0 amide bonds. The molecule has 4 rings (SSSR count). The van der Waals surface area contributed by atoms with E-state index in [0.717, 1.165) is 47.3 Å². The summed E-state index contributed by atoms with van der Waals surface area (Å²) in [5.41, 5.74) is 2.29. The van der Waals surface area contributed by atoms with E-state index in [2.05, 4.69) is 65.6 Å². The first-order valence-corrected chi connectivity index (χ1v) is 10.7. The summed E-state index contributed by atoms with van der Waals surface area (Å²) in [4.78, 5) is 13.9. The number of nitrogens with zero attached hydrogens (tertiary/aromatic N) is 3. The van der Waals surface area contributed by atoms with Gasteiger partial charge < -0.3 is 10.2 Å². The lowest BCUT2D eigenvalue weighted by Gasteiger charge is -2.33. The Morgan fingerprint density at radius 2 is 1.96 bits per heavy atom. The number of rotatable bonds is 5. The Labute approximate surface area is 175 Å². The van der Waals surface area contributed by atoms with Crippen molar-refractivity contribution in [1.82, 2.24) is 9.97 Å². The van der Waals surface area contributed by atoms with E-state index in [4.69, 9.17) is 16.6 Å². The number of nitrogens with one attached hydrogen (secondary N) is 1. The van der Waals surface area contributed by atoms with Gasteiger partial charge in [-0.05, 0) is 42.8 Å². The molecule has 0 saturated carbocycles. The number of benzene rings is 2. The molecular formula is C22H23ClN4S. The molecule has 0 aliphatic carbocycles. The first-order chi connectivity index (χ1) is 13.6. The molecule has 0 radical (unpaired) electrons. The molecule has 1 N–H and O–H groups in total. The molecule has 0 bridgehead atoms. The van der Waals surface area contributed by atoms with E-state index < -0.39 is 0 Å². The highest BCUT2D eigenvalue weighted by Crippen LogP contribution is 2.38. The lowest BCUT2D eigenvalue weighted by Crippen LogP contribution is -2.31. The summed E-state index contributed by atoms with van der Waals surface area (Å²) in [7, 11) is 2.10. The minimum absolute atomic E-state index is 0.198. The molecule has 144 valence electrons. The van der Waals surface area contributed by atoms with Crippen LogP contribution in [0.25, 0.3) is 0 Å². The molecule has 2 heterocycles. The van der Waals surface area contributed by atoms with Gasteiger partial charge in [-0.2, -0.15) is 0 Å². The van der Waals surface area contributed by atoms with Crippen molar-refractivity contribution < 1.29 is 0 Å². The number of para-hydroxylation sites is 1. The first kappa shape index (κ1) is 19.1. The highest BCUT2D eigenvalue weighted by atomic mass is 35.5. The summed E-state index contributed by atoms with van der Waals surface area (Å²) >= 11 is 7.76. The maximum Gasteiger partial charge on any atom is 0.137 e. The Balaban J connectivity index is 1.60. The fraction of sp³-hybridized carbons (Fsp3) is 0.273. The summed E-state index contributed by atoms with van der Waals surface area (Å²) in [5.74, 6) is 1.93. The Bertz CT molecular complexity index is 961. The number of fused-ring (bicyclic) bond motifs is 1. The van der Waals surface area contributed by atoms with Crippen molar-refractivity contribution in [2.45, 2.75) is 35.6 Å². The molecule has 2 aromatic carbocycles. The van der Waals surface area contributed by atoms with E-state index in [1.54, 1.807) is 11.8 Å². The van der Waals surface area contributed by atoms with Gasteiger partial charge in [0, 0.05) is 52.3 Å². The Morgan fingerprint density at radius 3 is 2.75 bits per heavy atom. The van der Waals surface area contributed by atoms with Crippen LogP contribution in [0.15, 0.2) is 64.5 Å². The summed E-state index contributed by atoms with van der Waals surface area (Å²) in [6, 6.07) is 16.6. The van der Waals surface area contributed by atoms with Gasteiger partial charge in [-0.15, -0.1) is 0 Å². The molecule has 1 aliphatic heterocycles. The monoisotopic (exact) mass is 410 g/mol. The fourth-order valence-corrected chi connectivity index (χ4v) is 4.40. The number of anilines is 2. The minimum atomic E-state index is 0.198. The maximum absolute atomic E-state index is 6.02. The van der Waals surface area contributed by atoms with Gasteiger partial charge in [0.1, 0.15) is 11.6 Å². The Kier molecular flexibility index (Phi) is 5.74. The number of hydrogen-bond acceptors (Lipinski definition) is 5. The third kappa shape index (κ3) is 4.10. The zero-order valence-electron chi connectivity index (χ0n) is 16.0. The molecular weight excluding hydrogens is 388 g/mol. The third-order valence-electron chi connectivity index (χ3n) is 4.91. The van der Waals surface area contributed by atoms with Gasteiger partial charge in [-0.3, -0.25) is 0 Å². The predicted octanol–water partition coefficient (Wildman–Crippen LogP) is 5.84. The molecule has 0 fully saturated rings. The summed E-state index contributed by atoms with van der Waals surface area (Å²) in [5, 5.41) is 4.50. The number of aryl methyl sites for hydroxylation is 1. The average Bonchev–Trinajstić information content (AvgIpc) is 2.73. The highest BCUT2D eigenvalue weighted by Gasteiger charge is 2.25. The van der Waals surface area contributed by atoms with Gasteiger partial charge in [0.15, 0.2) is 0 Å². The van der Waals surface area contributed by atoms with Crippen LogP contribution < -0.4 is 10.2 Å². The van der Waals surface area contributed by atoms with Gasteiger partial charge in [-0.1, -0.05) is 42.4 Å². The average molecular weight is 411 g/mol. The van der Waals surface area contributed by atoms with Crippen LogP contribution >= 0.6 is 23.4 Å². The standard InChI is InChI=1S/C22H23ClN4S/c1-3-21-24-14-17-18(12-13-27(2)22(17)26-21)25-19-6-4-5-7-20(19)28-16-10-8-15(23)9-11-16/h4-11,14,18,25H,3,12-13H2,1-2H3. The predicted molar refractivity (Wildman–Crippen MR) is 118 cm³/mol. The molecule has 6 heteroatoms. The largest absolute Gasteiger partial charge is 0.377 e. The van der Waals surface area contributed by atoms with E-state index in [-0.39, 0.29) is 6.04 Å². The normalized spacial score (nSPS) is 16.0. The van der Waals surface area contributed by atoms with Crippen LogP contribution in [0.5, 0.6) is 0 Å². The first-order valence-electron chi connectivity index (χ1n) is 9.50. The molecule has 0 saturated heterocycles. The van der Waals surface area contributed by atoms with Crippen LogP contribution in [0.1, 0.15) is 30.8 Å². The maximum atomic E-state index is 6.02. The van der Waals surface area contributed by atoms with Crippen LogP contribution in [-0.2, 0) is 6.42 Å². The SMILES string of the molecule is CCc1ncc2c(n1)N(C)CCC2Nc1ccccc1Sc1ccc(Cl)cc1. The minimum Gasteiger partial charge on any atom is -0.377 e. The third-order valence-corrected chi connectivity index (χ3v) is 6.25. The Hall–Kier alpha value is -2.24. The molecule has 1 atom stereocenters. The molecule has 1 aliphatic rings. The fourth-order valence-electron chi connectivity index (χ4n) is 3.37. The second kappa shape index (κ2) is 8.41. The van der Waals surface area contributed by atoms with Crippen LogP contribution in [-0.4, -0.2) is 23.6 Å². The highest BCUT2D eigenvalue weighted by molar-refractivity contribution is 7.99. The number of halogens is 1. The summed E-state index contributed by atoms with van der Waals surface area (Å²) in [6.07, 6.45) is 3.85. The van der Waals surface area contributed by atoms with Crippen molar-refractivity contribution in [3.8, 4) is 0 Å². The second-order valence-electron chi connectivity index (χ2n) is 6.88. The van der Waals surface area contributed by atoms with Crippen molar-refractivity contribution >= 4 is 34.9 Å². The van der Waals surface area contributed by atoms with Gasteiger partial charge in [0.25, 0.3) is 0 Å². The second-order valence-corrected chi connectivity index (χ2v) is 8.43. The summed E-state index contributed by atoms with van der Waals surface area (Å²) < 4.78 is 0. The quantitative estimate of drug-likeness (QED) is 0.572. The van der Waals surface area contributed by atoms with E-state index >= 15 is 0 Å². The van der Waals surface area contributed by atoms with Crippen LogP contribution in [0.2, 0.25) is 5.02 Å². The van der Waals surface area contributed by atoms with Crippen LogP contribution in [0.4, 0.5) is 11.5 Å². The van der Waals surface area contributed by atoms with Crippen molar-refractivity contribution in [2.24, 2.45) is 0 Å². The van der Waals surface area contributed by atoms with Gasteiger partial charge in [0.05, 0.1) is 6.04 Å². The lowest BCUT2D eigenvalue weighted by atomic mass is 10.0. The Morgan fingerprint density at radius 1 is 1.18 bits per heavy atom. The molecule has 4 nitrogen and oxygen atoms in total. The molecule has 0 spiro atoms. The van der Waals surface area contributed by atoms with Crippen molar-refractivity contribution in [2.75, 3.05) is 23.8 Å². The van der Waals surface area contributed by atoms with E-state index in [1.807, 2.05) is 18.3 Å². The van der Waals surface area contributed by atoms with Gasteiger partial charge in [-0.25, -0.2) is 9.97 Å². The van der Waals surface area contributed by atoms with Crippen LogP contribution in [0, 0.1) is 0 Å². The van der Waals surface area contributed by atoms with Crippen LogP contribution in [0.3, 0.4) is 0 Å². The van der Waals surface area contributed by atoms with Crippen molar-refractivity contribution in [3.05, 3.63) is 71.1 Å². The molecule has 3 aromatic rings. The molecule has 1 aromatic heterocycles. The van der Waals surface area contributed by atoms with Crippen molar-refractivity contribution in [1.29, 1.82) is 0 Å². The lowest BCUT2D eigenvalue weighted by molar-refractivity contribution is 0.630.